The second-order valence-electron chi connectivity index (χ2n) is 7.75. The summed E-state index contributed by atoms with van der Waals surface area (Å²) in [4.78, 5) is 15.0. The lowest BCUT2D eigenvalue weighted by Crippen LogP contribution is -2.66. The van der Waals surface area contributed by atoms with Crippen molar-refractivity contribution in [2.24, 2.45) is 5.92 Å². The number of ketones is 1. The van der Waals surface area contributed by atoms with Gasteiger partial charge in [-0.25, -0.2) is 0 Å². The van der Waals surface area contributed by atoms with Crippen LogP contribution in [-0.4, -0.2) is 49.6 Å². The summed E-state index contributed by atoms with van der Waals surface area (Å²) in [5.41, 5.74) is 1.86. The molecule has 1 heterocycles. The van der Waals surface area contributed by atoms with Crippen LogP contribution in [0.3, 0.4) is 0 Å². The second-order valence-corrected chi connectivity index (χ2v) is 7.75. The highest BCUT2D eigenvalue weighted by molar-refractivity contribution is 5.96. The van der Waals surface area contributed by atoms with Gasteiger partial charge in [0, 0.05) is 41.3 Å². The Morgan fingerprint density at radius 1 is 1.25 bits per heavy atom. The molecule has 5 rings (SSSR count). The SMILES string of the molecule is COC1=C[C@@H]2[C@H]3N(C)C[C@@]34C[C@]2(CC1=O)c1c4ccc(OC)c1O. The van der Waals surface area contributed by atoms with Gasteiger partial charge < -0.3 is 19.5 Å². The zero-order valence-corrected chi connectivity index (χ0v) is 14.1. The summed E-state index contributed by atoms with van der Waals surface area (Å²) in [6.07, 6.45) is 3.34. The van der Waals surface area contributed by atoms with E-state index in [0.29, 0.717) is 24.0 Å². The normalized spacial score (nSPS) is 38.8. The van der Waals surface area contributed by atoms with Crippen LogP contribution in [-0.2, 0) is 20.4 Å². The molecule has 0 aromatic heterocycles. The van der Waals surface area contributed by atoms with Gasteiger partial charge in [-0.15, -0.1) is 0 Å². The molecule has 0 radical (unpaired) electrons. The Bertz CT molecular complexity index is 816. The number of allylic oxidation sites excluding steroid dienone is 1. The number of hydrogen-bond donors (Lipinski definition) is 1. The molecule has 1 saturated heterocycles. The molecule has 1 aromatic rings. The van der Waals surface area contributed by atoms with Crippen LogP contribution in [0.5, 0.6) is 11.5 Å². The summed E-state index contributed by atoms with van der Waals surface area (Å²) < 4.78 is 10.7. The van der Waals surface area contributed by atoms with E-state index >= 15 is 0 Å². The molecule has 3 aliphatic carbocycles. The smallest absolute Gasteiger partial charge is 0.197 e. The number of Topliss-reactive ketones (excluding diaryl/α,β-unsaturated/α-hetero) is 1. The molecular weight excluding hydrogens is 306 g/mol. The number of phenolic OH excluding ortho intramolecular Hbond substituents is 1. The number of ether oxygens (including phenoxy) is 2. The van der Waals surface area contributed by atoms with Crippen LogP contribution in [0.25, 0.3) is 0 Å². The fourth-order valence-electron chi connectivity index (χ4n) is 6.29. The van der Waals surface area contributed by atoms with Gasteiger partial charge in [-0.1, -0.05) is 6.07 Å². The summed E-state index contributed by atoms with van der Waals surface area (Å²) in [6.45, 7) is 0.971. The van der Waals surface area contributed by atoms with E-state index in [2.05, 4.69) is 18.0 Å². The van der Waals surface area contributed by atoms with Crippen molar-refractivity contribution in [3.8, 4) is 11.5 Å². The number of hydrogen-bond acceptors (Lipinski definition) is 5. The average Bonchev–Trinajstić information content (AvgIpc) is 2.95. The van der Waals surface area contributed by atoms with E-state index in [1.807, 2.05) is 12.1 Å². The van der Waals surface area contributed by atoms with E-state index in [1.54, 1.807) is 14.2 Å². The number of likely N-dealkylation sites (N-methyl/N-ethyl adjacent to an activating group) is 1. The number of likely N-dealkylation sites (tertiary alicyclic amines) is 1. The minimum atomic E-state index is -0.331. The Labute approximate surface area is 140 Å². The van der Waals surface area contributed by atoms with Crippen LogP contribution >= 0.6 is 0 Å². The van der Waals surface area contributed by atoms with Crippen molar-refractivity contribution < 1.29 is 19.4 Å². The van der Waals surface area contributed by atoms with Gasteiger partial charge >= 0.3 is 0 Å². The summed E-state index contributed by atoms with van der Waals surface area (Å²) in [6, 6.07) is 4.32. The number of benzene rings is 1. The van der Waals surface area contributed by atoms with Crippen LogP contribution in [0.15, 0.2) is 24.0 Å². The van der Waals surface area contributed by atoms with Gasteiger partial charge in [0.05, 0.1) is 14.2 Å². The number of aromatic hydroxyl groups is 1. The van der Waals surface area contributed by atoms with Crippen molar-refractivity contribution in [3.63, 3.8) is 0 Å². The molecule has 2 bridgehead atoms. The van der Waals surface area contributed by atoms with Gasteiger partial charge in [0.2, 0.25) is 0 Å². The first kappa shape index (κ1) is 14.3. The second kappa shape index (κ2) is 4.14. The number of methoxy groups -OCH3 is 2. The number of rotatable bonds is 2. The fraction of sp³-hybridized carbons (Fsp3) is 0.526. The minimum absolute atomic E-state index is 0.0305. The predicted octanol–water partition coefficient (Wildman–Crippen LogP) is 1.73. The quantitative estimate of drug-likeness (QED) is 0.896. The van der Waals surface area contributed by atoms with E-state index in [1.165, 1.54) is 5.56 Å². The third kappa shape index (κ3) is 1.28. The van der Waals surface area contributed by atoms with Gasteiger partial charge in [0.25, 0.3) is 0 Å². The monoisotopic (exact) mass is 327 g/mol. The fourth-order valence-corrected chi connectivity index (χ4v) is 6.29. The standard InChI is InChI=1S/C19H21NO4/c1-20-9-19-8-18(15-10(19)4-5-13(23-2)16(15)22)7-12(21)14(24-3)6-11(18)17(19)20/h4-6,11,17,22H,7-9H2,1-3H3/t11-,17-,18+,19-/m1/s1. The molecule has 5 nitrogen and oxygen atoms in total. The van der Waals surface area contributed by atoms with E-state index in [4.69, 9.17) is 9.47 Å². The molecule has 4 atom stereocenters. The highest BCUT2D eigenvalue weighted by Crippen LogP contribution is 2.73. The third-order valence-corrected chi connectivity index (χ3v) is 6.88. The summed E-state index contributed by atoms with van der Waals surface area (Å²) >= 11 is 0. The van der Waals surface area contributed by atoms with E-state index in [0.717, 1.165) is 18.5 Å². The lowest BCUT2D eigenvalue weighted by Gasteiger charge is -2.57. The van der Waals surface area contributed by atoms with Crippen molar-refractivity contribution in [3.05, 3.63) is 35.1 Å². The van der Waals surface area contributed by atoms with E-state index in [-0.39, 0.29) is 28.3 Å². The molecule has 0 amide bonds. The molecule has 2 spiro atoms. The molecule has 2 fully saturated rings. The highest BCUT2D eigenvalue weighted by atomic mass is 16.5. The van der Waals surface area contributed by atoms with Crippen molar-refractivity contribution >= 4 is 5.78 Å². The Morgan fingerprint density at radius 2 is 2.04 bits per heavy atom. The van der Waals surface area contributed by atoms with Crippen molar-refractivity contribution in [1.29, 1.82) is 0 Å². The highest BCUT2D eigenvalue weighted by Gasteiger charge is 2.75. The molecule has 1 aliphatic heterocycles. The van der Waals surface area contributed by atoms with Gasteiger partial charge in [-0.05, 0) is 31.2 Å². The van der Waals surface area contributed by atoms with Crippen LogP contribution in [0.4, 0.5) is 0 Å². The van der Waals surface area contributed by atoms with Gasteiger partial charge in [0.15, 0.2) is 23.0 Å². The first-order chi connectivity index (χ1) is 11.5. The van der Waals surface area contributed by atoms with Crippen LogP contribution < -0.4 is 4.74 Å². The molecule has 24 heavy (non-hydrogen) atoms. The molecular formula is C19H21NO4. The summed E-state index contributed by atoms with van der Waals surface area (Å²) in [5.74, 6) is 1.39. The van der Waals surface area contributed by atoms with E-state index in [9.17, 15) is 9.90 Å². The Kier molecular flexibility index (Phi) is 2.48. The van der Waals surface area contributed by atoms with E-state index < -0.39 is 0 Å². The first-order valence-electron chi connectivity index (χ1n) is 8.39. The van der Waals surface area contributed by atoms with Gasteiger partial charge in [-0.2, -0.15) is 0 Å². The maximum Gasteiger partial charge on any atom is 0.197 e. The lowest BCUT2D eigenvalue weighted by molar-refractivity contribution is -0.121. The number of fused-ring (bicyclic) bond motifs is 2. The van der Waals surface area contributed by atoms with Crippen molar-refractivity contribution in [2.75, 3.05) is 27.8 Å². The number of phenols is 1. The Morgan fingerprint density at radius 3 is 2.71 bits per heavy atom. The Balaban J connectivity index is 1.80. The topological polar surface area (TPSA) is 59.0 Å². The van der Waals surface area contributed by atoms with Crippen molar-refractivity contribution in [2.45, 2.75) is 29.7 Å². The average molecular weight is 327 g/mol. The molecule has 1 aromatic carbocycles. The minimum Gasteiger partial charge on any atom is -0.504 e. The number of carbonyl (C=O) groups is 1. The zero-order valence-electron chi connectivity index (χ0n) is 14.1. The maximum absolute atomic E-state index is 12.6. The molecule has 4 aliphatic rings. The van der Waals surface area contributed by atoms with Crippen LogP contribution in [0, 0.1) is 5.92 Å². The van der Waals surface area contributed by atoms with Crippen LogP contribution in [0.2, 0.25) is 0 Å². The molecule has 0 unspecified atom stereocenters. The molecule has 126 valence electrons. The van der Waals surface area contributed by atoms with Gasteiger partial charge in [-0.3, -0.25) is 4.79 Å². The number of nitrogens with zero attached hydrogens (tertiary/aromatic N) is 1. The maximum atomic E-state index is 12.6. The summed E-state index contributed by atoms with van der Waals surface area (Å²) in [7, 11) is 5.27. The zero-order chi connectivity index (χ0) is 16.9. The lowest BCUT2D eigenvalue weighted by atomic mass is 9.60. The molecule has 5 heteroatoms. The first-order valence-corrected chi connectivity index (χ1v) is 8.39. The molecule has 1 N–H and O–H groups in total. The predicted molar refractivity (Wildman–Crippen MR) is 87.3 cm³/mol. The molecule has 1 saturated carbocycles. The summed E-state index contributed by atoms with van der Waals surface area (Å²) in [5, 5.41) is 10.9. The number of carbonyl (C=O) groups excluding carboxylic acids is 1. The largest absolute Gasteiger partial charge is 0.504 e. The van der Waals surface area contributed by atoms with Crippen LogP contribution in [0.1, 0.15) is 24.0 Å². The van der Waals surface area contributed by atoms with Crippen molar-refractivity contribution in [1.82, 2.24) is 4.90 Å². The Hall–Kier alpha value is -2.01. The van der Waals surface area contributed by atoms with Gasteiger partial charge in [0.1, 0.15) is 0 Å². The third-order valence-electron chi connectivity index (χ3n) is 6.88.